The Morgan fingerprint density at radius 3 is 2.75 bits per heavy atom. The molecule has 0 radical (unpaired) electrons. The molecule has 0 bridgehead atoms. The highest BCUT2D eigenvalue weighted by atomic mass is 35.5. The molecule has 2 heterocycles. The van der Waals surface area contributed by atoms with E-state index < -0.39 is 5.54 Å². The van der Waals surface area contributed by atoms with Gasteiger partial charge in [-0.15, -0.1) is 0 Å². The number of nitrogens with zero attached hydrogens (tertiary/aromatic N) is 4. The van der Waals surface area contributed by atoms with Gasteiger partial charge in [-0.05, 0) is 52.0 Å². The lowest BCUT2D eigenvalue weighted by Gasteiger charge is -2.27. The van der Waals surface area contributed by atoms with Gasteiger partial charge in [-0.2, -0.15) is 10.4 Å². The van der Waals surface area contributed by atoms with Gasteiger partial charge in [0.05, 0.1) is 18.3 Å². The van der Waals surface area contributed by atoms with Crippen LogP contribution in [0.25, 0.3) is 0 Å². The van der Waals surface area contributed by atoms with Crippen LogP contribution in [0.15, 0.2) is 0 Å². The Balaban J connectivity index is 1.70. The van der Waals surface area contributed by atoms with Crippen LogP contribution in [0.4, 0.5) is 0 Å². The van der Waals surface area contributed by atoms with E-state index in [0.29, 0.717) is 11.7 Å². The quantitative estimate of drug-likeness (QED) is 0.906. The summed E-state index contributed by atoms with van der Waals surface area (Å²) in [6.07, 6.45) is 5.53. The van der Waals surface area contributed by atoms with Crippen LogP contribution in [-0.2, 0) is 11.8 Å². The van der Waals surface area contributed by atoms with Crippen molar-refractivity contribution >= 4 is 17.5 Å². The van der Waals surface area contributed by atoms with Gasteiger partial charge in [0, 0.05) is 18.7 Å². The molecular weight excluding hydrogens is 326 g/mol. The largest absolute Gasteiger partial charge is 0.337 e. The fourth-order valence-electron chi connectivity index (χ4n) is 4.10. The van der Waals surface area contributed by atoms with E-state index in [-0.39, 0.29) is 11.9 Å². The maximum absolute atomic E-state index is 12.5. The zero-order valence-electron chi connectivity index (χ0n) is 14.3. The smallest absolute Gasteiger partial charge is 0.235 e. The van der Waals surface area contributed by atoms with Gasteiger partial charge >= 0.3 is 0 Å². The van der Waals surface area contributed by atoms with Gasteiger partial charge in [-0.3, -0.25) is 14.4 Å². The molecule has 1 unspecified atom stereocenters. The fourth-order valence-corrected chi connectivity index (χ4v) is 4.40. The number of likely N-dealkylation sites (tertiary alicyclic amines) is 1. The first-order chi connectivity index (χ1) is 11.5. The summed E-state index contributed by atoms with van der Waals surface area (Å²) in [4.78, 5) is 14.7. The zero-order valence-corrected chi connectivity index (χ0v) is 15.1. The average Bonchev–Trinajstić information content (AvgIpc) is 3.22. The van der Waals surface area contributed by atoms with E-state index in [0.717, 1.165) is 56.3 Å². The molecule has 1 saturated carbocycles. The summed E-state index contributed by atoms with van der Waals surface area (Å²) in [7, 11) is 1.83. The van der Waals surface area contributed by atoms with E-state index in [1.165, 1.54) is 0 Å². The minimum absolute atomic E-state index is 0.0667. The number of nitriles is 1. The number of aromatic nitrogens is 2. The van der Waals surface area contributed by atoms with Crippen LogP contribution in [0, 0.1) is 18.3 Å². The van der Waals surface area contributed by atoms with Crippen molar-refractivity contribution in [2.24, 2.45) is 7.05 Å². The molecule has 1 N–H and O–H groups in total. The predicted molar refractivity (Wildman–Crippen MR) is 91.5 cm³/mol. The lowest BCUT2D eigenvalue weighted by atomic mass is 10.00. The van der Waals surface area contributed by atoms with Gasteiger partial charge in [0.25, 0.3) is 0 Å². The molecule has 1 atom stereocenters. The number of nitrogens with one attached hydrogen (secondary N) is 1. The van der Waals surface area contributed by atoms with Crippen molar-refractivity contribution in [3.05, 3.63) is 16.4 Å². The maximum atomic E-state index is 12.5. The number of hydrogen-bond donors (Lipinski definition) is 1. The second kappa shape index (κ2) is 6.73. The molecule has 0 spiro atoms. The van der Waals surface area contributed by atoms with E-state index in [4.69, 9.17) is 11.6 Å². The van der Waals surface area contributed by atoms with E-state index in [1.807, 2.05) is 14.0 Å². The molecule has 1 saturated heterocycles. The normalized spacial score (nSPS) is 23.3. The van der Waals surface area contributed by atoms with Crippen molar-refractivity contribution in [1.29, 1.82) is 5.26 Å². The molecule has 0 aromatic carbocycles. The molecule has 6 nitrogen and oxygen atoms in total. The molecule has 1 aliphatic carbocycles. The minimum atomic E-state index is -0.659. The highest BCUT2D eigenvalue weighted by Crippen LogP contribution is 2.37. The lowest BCUT2D eigenvalue weighted by molar-refractivity contribution is -0.123. The first-order valence-electron chi connectivity index (χ1n) is 8.61. The Labute approximate surface area is 147 Å². The lowest BCUT2D eigenvalue weighted by Crippen LogP contribution is -2.49. The molecule has 24 heavy (non-hydrogen) atoms. The van der Waals surface area contributed by atoms with Gasteiger partial charge in [0.2, 0.25) is 5.91 Å². The first kappa shape index (κ1) is 17.2. The number of aryl methyl sites for hydroxylation is 2. The molecule has 1 aromatic rings. The van der Waals surface area contributed by atoms with Crippen LogP contribution in [0.3, 0.4) is 0 Å². The molecule has 7 heteroatoms. The number of hydrogen-bond acceptors (Lipinski definition) is 4. The maximum Gasteiger partial charge on any atom is 0.235 e. The summed E-state index contributed by atoms with van der Waals surface area (Å²) >= 11 is 6.41. The molecule has 130 valence electrons. The second-order valence-corrected chi connectivity index (χ2v) is 7.35. The number of carbonyl (C=O) groups is 1. The van der Waals surface area contributed by atoms with Crippen molar-refractivity contribution < 1.29 is 4.79 Å². The van der Waals surface area contributed by atoms with Crippen molar-refractivity contribution in [3.8, 4) is 6.07 Å². The average molecular weight is 350 g/mol. The summed E-state index contributed by atoms with van der Waals surface area (Å²) in [5, 5.41) is 17.4. The minimum Gasteiger partial charge on any atom is -0.337 e. The summed E-state index contributed by atoms with van der Waals surface area (Å²) < 4.78 is 1.69. The van der Waals surface area contributed by atoms with Gasteiger partial charge in [-0.25, -0.2) is 0 Å². The SMILES string of the molecule is Cc1nn(C)c(Cl)c1C1CCCN1CC(=O)NC1(C#N)CCCC1. The third kappa shape index (κ3) is 3.15. The molecular formula is C17H24ClN5O. The third-order valence-electron chi connectivity index (χ3n) is 5.29. The zero-order chi connectivity index (χ0) is 17.3. The number of carbonyl (C=O) groups excluding carboxylic acids is 1. The topological polar surface area (TPSA) is 74.0 Å². The Morgan fingerprint density at radius 1 is 1.46 bits per heavy atom. The summed E-state index contributed by atoms with van der Waals surface area (Å²) in [5.41, 5.74) is 1.29. The van der Waals surface area contributed by atoms with Gasteiger partial charge in [0.1, 0.15) is 10.7 Å². The number of rotatable bonds is 4. The van der Waals surface area contributed by atoms with E-state index in [2.05, 4.69) is 21.4 Å². The molecule has 1 aliphatic heterocycles. The monoisotopic (exact) mass is 349 g/mol. The van der Waals surface area contributed by atoms with Gasteiger partial charge in [-0.1, -0.05) is 11.6 Å². The molecule has 1 amide bonds. The summed E-state index contributed by atoms with van der Waals surface area (Å²) in [5.74, 6) is -0.0667. The molecule has 2 fully saturated rings. The van der Waals surface area contributed by atoms with Gasteiger partial charge < -0.3 is 5.32 Å². The molecule has 3 rings (SSSR count). The number of halogens is 1. The van der Waals surface area contributed by atoms with Gasteiger partial charge in [0.15, 0.2) is 0 Å². The van der Waals surface area contributed by atoms with Crippen LogP contribution in [0.5, 0.6) is 0 Å². The fraction of sp³-hybridized carbons (Fsp3) is 0.706. The van der Waals surface area contributed by atoms with E-state index in [1.54, 1.807) is 4.68 Å². The first-order valence-corrected chi connectivity index (χ1v) is 8.99. The van der Waals surface area contributed by atoms with Crippen molar-refractivity contribution in [2.75, 3.05) is 13.1 Å². The Kier molecular flexibility index (Phi) is 4.84. The van der Waals surface area contributed by atoms with Crippen LogP contribution >= 0.6 is 11.6 Å². The Morgan fingerprint density at radius 2 is 2.17 bits per heavy atom. The van der Waals surface area contributed by atoms with Crippen molar-refractivity contribution in [2.45, 2.75) is 57.0 Å². The van der Waals surface area contributed by atoms with Crippen LogP contribution < -0.4 is 5.32 Å². The third-order valence-corrected chi connectivity index (χ3v) is 5.74. The standard InChI is InChI=1S/C17H24ClN5O/c1-12-15(16(18)22(2)21-12)13-6-5-9-23(13)10-14(24)20-17(11-19)7-3-4-8-17/h13H,3-10H2,1-2H3,(H,20,24). The van der Waals surface area contributed by atoms with E-state index >= 15 is 0 Å². The highest BCUT2D eigenvalue weighted by molar-refractivity contribution is 6.30. The highest BCUT2D eigenvalue weighted by Gasteiger charge is 2.37. The van der Waals surface area contributed by atoms with Crippen LogP contribution in [0.2, 0.25) is 5.15 Å². The molecule has 1 aromatic heterocycles. The summed E-state index contributed by atoms with van der Waals surface area (Å²) in [6.45, 7) is 3.13. The summed E-state index contributed by atoms with van der Waals surface area (Å²) in [6, 6.07) is 2.44. The Hall–Kier alpha value is -1.58. The van der Waals surface area contributed by atoms with Crippen molar-refractivity contribution in [3.63, 3.8) is 0 Å². The predicted octanol–water partition coefficient (Wildman–Crippen LogP) is 2.47. The van der Waals surface area contributed by atoms with Crippen LogP contribution in [0.1, 0.15) is 55.8 Å². The number of amides is 1. The molecule has 2 aliphatic rings. The van der Waals surface area contributed by atoms with E-state index in [9.17, 15) is 10.1 Å². The second-order valence-electron chi connectivity index (χ2n) is 6.99. The van der Waals surface area contributed by atoms with Crippen LogP contribution in [-0.4, -0.2) is 39.2 Å². The Bertz CT molecular complexity index is 671. The van der Waals surface area contributed by atoms with Crippen molar-refractivity contribution in [1.82, 2.24) is 20.0 Å².